The van der Waals surface area contributed by atoms with E-state index >= 15 is 0 Å². The molecule has 0 spiro atoms. The molecule has 1 heteroatoms. The summed E-state index contributed by atoms with van der Waals surface area (Å²) in [5, 5.41) is 0. The fourth-order valence-electron chi connectivity index (χ4n) is 2.46. The predicted molar refractivity (Wildman–Crippen MR) is 69.1 cm³/mol. The van der Waals surface area contributed by atoms with Crippen molar-refractivity contribution < 1.29 is 0 Å². The third kappa shape index (κ3) is 2.73. The summed E-state index contributed by atoms with van der Waals surface area (Å²) in [6, 6.07) is 10.4. The third-order valence-corrected chi connectivity index (χ3v) is 3.56. The number of rotatable bonds is 2. The van der Waals surface area contributed by atoms with Gasteiger partial charge in [0.15, 0.2) is 0 Å². The van der Waals surface area contributed by atoms with Crippen molar-refractivity contribution in [3.05, 3.63) is 47.5 Å². The quantitative estimate of drug-likeness (QED) is 0.746. The second kappa shape index (κ2) is 5.31. The molecule has 0 amide bonds. The summed E-state index contributed by atoms with van der Waals surface area (Å²) >= 11 is 0. The monoisotopic (exact) mass is 215 g/mol. The Balaban J connectivity index is 2.10. The average molecular weight is 215 g/mol. The van der Waals surface area contributed by atoms with Crippen LogP contribution in [0.2, 0.25) is 0 Å². The molecule has 0 aromatic heterocycles. The minimum absolute atomic E-state index is 0.0664. The fraction of sp³-hybridized carbons (Fsp3) is 0.467. The number of nitrogens with two attached hydrogens (primary N) is 1. The third-order valence-electron chi connectivity index (χ3n) is 3.56. The zero-order chi connectivity index (χ0) is 11.4. The molecule has 1 aliphatic carbocycles. The van der Waals surface area contributed by atoms with Crippen LogP contribution in [0.5, 0.6) is 0 Å². The molecule has 1 aromatic carbocycles. The van der Waals surface area contributed by atoms with E-state index in [1.165, 1.54) is 31.2 Å². The Bertz CT molecular complexity index is 353. The second-order valence-corrected chi connectivity index (χ2v) is 4.82. The van der Waals surface area contributed by atoms with Crippen LogP contribution >= 0.6 is 0 Å². The smallest absolute Gasteiger partial charge is 0.0483 e. The van der Waals surface area contributed by atoms with Crippen molar-refractivity contribution in [1.82, 2.24) is 0 Å². The Morgan fingerprint density at radius 2 is 2.00 bits per heavy atom. The Morgan fingerprint density at radius 3 is 2.69 bits per heavy atom. The van der Waals surface area contributed by atoms with Crippen LogP contribution < -0.4 is 5.73 Å². The molecule has 1 fully saturated rings. The van der Waals surface area contributed by atoms with Gasteiger partial charge in [-0.1, -0.05) is 55.3 Å². The zero-order valence-corrected chi connectivity index (χ0v) is 10.0. The summed E-state index contributed by atoms with van der Waals surface area (Å²) in [7, 11) is 0. The largest absolute Gasteiger partial charge is 0.321 e. The SMILES string of the molecule is CC1CCCCC1=CC(N)c1ccccc1. The summed E-state index contributed by atoms with van der Waals surface area (Å²) in [5.74, 6) is 0.725. The maximum Gasteiger partial charge on any atom is 0.0483 e. The Labute approximate surface area is 98.4 Å². The second-order valence-electron chi connectivity index (χ2n) is 4.82. The van der Waals surface area contributed by atoms with E-state index in [4.69, 9.17) is 5.73 Å². The van der Waals surface area contributed by atoms with Crippen LogP contribution in [0.15, 0.2) is 42.0 Å². The van der Waals surface area contributed by atoms with E-state index in [2.05, 4.69) is 37.3 Å². The normalized spacial score (nSPS) is 25.6. The lowest BCUT2D eigenvalue weighted by Gasteiger charge is -2.23. The van der Waals surface area contributed by atoms with Crippen LogP contribution in [0.1, 0.15) is 44.2 Å². The van der Waals surface area contributed by atoms with E-state index in [0.717, 1.165) is 5.92 Å². The summed E-state index contributed by atoms with van der Waals surface area (Å²) in [4.78, 5) is 0. The van der Waals surface area contributed by atoms with Crippen LogP contribution in [0, 0.1) is 5.92 Å². The summed E-state index contributed by atoms with van der Waals surface area (Å²) in [5.41, 5.74) is 8.99. The molecule has 1 aliphatic rings. The van der Waals surface area contributed by atoms with Gasteiger partial charge in [0.05, 0.1) is 0 Å². The molecular formula is C15H21N. The topological polar surface area (TPSA) is 26.0 Å². The molecule has 0 heterocycles. The van der Waals surface area contributed by atoms with E-state index < -0.39 is 0 Å². The van der Waals surface area contributed by atoms with Crippen molar-refractivity contribution in [1.29, 1.82) is 0 Å². The van der Waals surface area contributed by atoms with Gasteiger partial charge in [-0.25, -0.2) is 0 Å². The first-order valence-corrected chi connectivity index (χ1v) is 6.28. The lowest BCUT2D eigenvalue weighted by Crippen LogP contribution is -2.12. The van der Waals surface area contributed by atoms with Crippen molar-refractivity contribution in [2.45, 2.75) is 38.6 Å². The zero-order valence-electron chi connectivity index (χ0n) is 10.0. The van der Waals surface area contributed by atoms with Crippen LogP contribution in [0.4, 0.5) is 0 Å². The van der Waals surface area contributed by atoms with Crippen molar-refractivity contribution in [2.75, 3.05) is 0 Å². The van der Waals surface area contributed by atoms with Crippen LogP contribution in [-0.4, -0.2) is 0 Å². The Kier molecular flexibility index (Phi) is 3.79. The van der Waals surface area contributed by atoms with Gasteiger partial charge >= 0.3 is 0 Å². The standard InChI is InChI=1S/C15H21N/c1-12-7-5-6-10-14(12)11-15(16)13-8-3-2-4-9-13/h2-4,8-9,11-12,15H,5-7,10,16H2,1H3. The maximum atomic E-state index is 6.21. The van der Waals surface area contributed by atoms with Gasteiger partial charge in [0.2, 0.25) is 0 Å². The molecule has 0 bridgehead atoms. The van der Waals surface area contributed by atoms with Gasteiger partial charge in [0, 0.05) is 6.04 Å². The number of allylic oxidation sites excluding steroid dienone is 1. The summed E-state index contributed by atoms with van der Waals surface area (Å²) in [6.07, 6.45) is 7.55. The minimum atomic E-state index is 0.0664. The summed E-state index contributed by atoms with van der Waals surface area (Å²) < 4.78 is 0. The van der Waals surface area contributed by atoms with Gasteiger partial charge in [0.1, 0.15) is 0 Å². The highest BCUT2D eigenvalue weighted by Crippen LogP contribution is 2.30. The van der Waals surface area contributed by atoms with Gasteiger partial charge in [0.25, 0.3) is 0 Å². The molecule has 86 valence electrons. The van der Waals surface area contributed by atoms with Gasteiger partial charge in [-0.3, -0.25) is 0 Å². The average Bonchev–Trinajstić information content (AvgIpc) is 2.33. The van der Waals surface area contributed by atoms with Crippen LogP contribution in [0.25, 0.3) is 0 Å². The molecule has 1 aromatic rings. The van der Waals surface area contributed by atoms with E-state index in [-0.39, 0.29) is 6.04 Å². The summed E-state index contributed by atoms with van der Waals surface area (Å²) in [6.45, 7) is 2.32. The van der Waals surface area contributed by atoms with Crippen LogP contribution in [0.3, 0.4) is 0 Å². The molecule has 0 aliphatic heterocycles. The molecule has 16 heavy (non-hydrogen) atoms. The highest BCUT2D eigenvalue weighted by atomic mass is 14.6. The molecule has 2 rings (SSSR count). The van der Waals surface area contributed by atoms with Crippen molar-refractivity contribution in [3.8, 4) is 0 Å². The van der Waals surface area contributed by atoms with Gasteiger partial charge in [-0.15, -0.1) is 0 Å². The number of benzene rings is 1. The van der Waals surface area contributed by atoms with Crippen molar-refractivity contribution in [2.24, 2.45) is 11.7 Å². The number of hydrogen-bond acceptors (Lipinski definition) is 1. The fourth-order valence-corrected chi connectivity index (χ4v) is 2.46. The molecule has 1 nitrogen and oxygen atoms in total. The van der Waals surface area contributed by atoms with Gasteiger partial charge in [-0.2, -0.15) is 0 Å². The Hall–Kier alpha value is -1.08. The molecule has 2 atom stereocenters. The number of hydrogen-bond donors (Lipinski definition) is 1. The van der Waals surface area contributed by atoms with Gasteiger partial charge in [-0.05, 0) is 30.7 Å². The van der Waals surface area contributed by atoms with E-state index in [0.29, 0.717) is 0 Å². The molecule has 2 N–H and O–H groups in total. The highest BCUT2D eigenvalue weighted by molar-refractivity contribution is 5.25. The van der Waals surface area contributed by atoms with Crippen molar-refractivity contribution >= 4 is 0 Å². The van der Waals surface area contributed by atoms with Gasteiger partial charge < -0.3 is 5.73 Å². The molecule has 0 radical (unpaired) electrons. The van der Waals surface area contributed by atoms with Crippen molar-refractivity contribution in [3.63, 3.8) is 0 Å². The molecule has 0 saturated heterocycles. The minimum Gasteiger partial charge on any atom is -0.321 e. The van der Waals surface area contributed by atoms with E-state index in [9.17, 15) is 0 Å². The molecule has 2 unspecified atom stereocenters. The van der Waals surface area contributed by atoms with E-state index in [1.54, 1.807) is 5.57 Å². The van der Waals surface area contributed by atoms with Crippen LogP contribution in [-0.2, 0) is 0 Å². The highest BCUT2D eigenvalue weighted by Gasteiger charge is 2.15. The molecule has 1 saturated carbocycles. The lowest BCUT2D eigenvalue weighted by molar-refractivity contribution is 0.480. The predicted octanol–water partition coefficient (Wildman–Crippen LogP) is 3.82. The first-order valence-electron chi connectivity index (χ1n) is 6.28. The first-order chi connectivity index (χ1) is 7.77. The molecular weight excluding hydrogens is 194 g/mol. The van der Waals surface area contributed by atoms with E-state index in [1.807, 2.05) is 6.07 Å². The lowest BCUT2D eigenvalue weighted by atomic mass is 9.84. The first kappa shape index (κ1) is 11.4. The Morgan fingerprint density at radius 1 is 1.25 bits per heavy atom. The maximum absolute atomic E-state index is 6.21.